The number of alkyl halides is 1. The second kappa shape index (κ2) is 6.18. The maximum atomic E-state index is 11.4. The van der Waals surface area contributed by atoms with Gasteiger partial charge in [0, 0.05) is 5.88 Å². The SMILES string of the molecule is COC(=O)c1ccc(C=CCCl)cc1OC. The average Bonchev–Trinajstić information content (AvgIpc) is 2.34. The lowest BCUT2D eigenvalue weighted by atomic mass is 10.1. The van der Waals surface area contributed by atoms with E-state index in [2.05, 4.69) is 4.74 Å². The van der Waals surface area contributed by atoms with Crippen LogP contribution in [0.5, 0.6) is 5.75 Å². The van der Waals surface area contributed by atoms with E-state index in [0.717, 1.165) is 5.56 Å². The van der Waals surface area contributed by atoms with E-state index in [0.29, 0.717) is 17.2 Å². The lowest BCUT2D eigenvalue weighted by molar-refractivity contribution is 0.0597. The molecule has 86 valence electrons. The second-order valence-corrected chi connectivity index (χ2v) is 3.32. The van der Waals surface area contributed by atoms with Crippen molar-refractivity contribution in [1.82, 2.24) is 0 Å². The van der Waals surface area contributed by atoms with Crippen molar-refractivity contribution < 1.29 is 14.3 Å². The molecule has 0 aliphatic heterocycles. The molecule has 0 fully saturated rings. The van der Waals surface area contributed by atoms with Gasteiger partial charge in [0.2, 0.25) is 0 Å². The molecule has 0 N–H and O–H groups in total. The molecule has 0 saturated carbocycles. The minimum Gasteiger partial charge on any atom is -0.496 e. The summed E-state index contributed by atoms with van der Waals surface area (Å²) in [5.41, 5.74) is 1.33. The number of halogens is 1. The Hall–Kier alpha value is -1.48. The zero-order chi connectivity index (χ0) is 12.0. The maximum Gasteiger partial charge on any atom is 0.341 e. The number of ether oxygens (including phenoxy) is 2. The summed E-state index contributed by atoms with van der Waals surface area (Å²) < 4.78 is 9.76. The van der Waals surface area contributed by atoms with Gasteiger partial charge in [-0.25, -0.2) is 4.79 Å². The third-order valence-electron chi connectivity index (χ3n) is 2.03. The lowest BCUT2D eigenvalue weighted by Gasteiger charge is -2.07. The van der Waals surface area contributed by atoms with Gasteiger partial charge >= 0.3 is 5.97 Å². The van der Waals surface area contributed by atoms with E-state index in [1.165, 1.54) is 14.2 Å². The quantitative estimate of drug-likeness (QED) is 0.600. The van der Waals surface area contributed by atoms with Crippen LogP contribution < -0.4 is 4.74 Å². The van der Waals surface area contributed by atoms with Crippen molar-refractivity contribution in [2.45, 2.75) is 0 Å². The molecule has 0 atom stereocenters. The smallest absolute Gasteiger partial charge is 0.341 e. The third-order valence-corrected chi connectivity index (χ3v) is 2.21. The van der Waals surface area contributed by atoms with Crippen molar-refractivity contribution in [3.63, 3.8) is 0 Å². The second-order valence-electron chi connectivity index (χ2n) is 3.01. The highest BCUT2D eigenvalue weighted by atomic mass is 35.5. The number of hydrogen-bond donors (Lipinski definition) is 0. The number of benzene rings is 1. The zero-order valence-corrected chi connectivity index (χ0v) is 9.95. The highest BCUT2D eigenvalue weighted by Gasteiger charge is 2.12. The molecule has 0 aromatic heterocycles. The fourth-order valence-electron chi connectivity index (χ4n) is 1.27. The van der Waals surface area contributed by atoms with Crippen LogP contribution in [0.3, 0.4) is 0 Å². The van der Waals surface area contributed by atoms with Gasteiger partial charge in [-0.05, 0) is 17.7 Å². The fraction of sp³-hybridized carbons (Fsp3) is 0.250. The number of hydrogen-bond acceptors (Lipinski definition) is 3. The number of rotatable bonds is 4. The first-order valence-electron chi connectivity index (χ1n) is 4.71. The van der Waals surface area contributed by atoms with Crippen LogP contribution in [0.1, 0.15) is 15.9 Å². The van der Waals surface area contributed by atoms with Crippen molar-refractivity contribution in [2.75, 3.05) is 20.1 Å². The Labute approximate surface area is 99.6 Å². The van der Waals surface area contributed by atoms with Crippen molar-refractivity contribution in [3.8, 4) is 5.75 Å². The van der Waals surface area contributed by atoms with Crippen LogP contribution in [-0.4, -0.2) is 26.1 Å². The molecule has 0 amide bonds. The van der Waals surface area contributed by atoms with Crippen LogP contribution in [-0.2, 0) is 4.74 Å². The summed E-state index contributed by atoms with van der Waals surface area (Å²) in [6.45, 7) is 0. The molecule has 3 nitrogen and oxygen atoms in total. The van der Waals surface area contributed by atoms with E-state index in [4.69, 9.17) is 16.3 Å². The minimum absolute atomic E-state index is 0.410. The highest BCUT2D eigenvalue weighted by Crippen LogP contribution is 2.21. The molecule has 16 heavy (non-hydrogen) atoms. The zero-order valence-electron chi connectivity index (χ0n) is 9.20. The normalized spacial score (nSPS) is 10.4. The summed E-state index contributed by atoms with van der Waals surface area (Å²) >= 11 is 5.54. The molecular formula is C12H13ClO3. The molecule has 0 spiro atoms. The van der Waals surface area contributed by atoms with Crippen molar-refractivity contribution in [1.29, 1.82) is 0 Å². The van der Waals surface area contributed by atoms with Crippen molar-refractivity contribution in [2.24, 2.45) is 0 Å². The van der Waals surface area contributed by atoms with Crippen LogP contribution in [0.4, 0.5) is 0 Å². The minimum atomic E-state index is -0.412. The third kappa shape index (κ3) is 3.00. The van der Waals surface area contributed by atoms with Crippen LogP contribution in [0.2, 0.25) is 0 Å². The van der Waals surface area contributed by atoms with Crippen molar-refractivity contribution in [3.05, 3.63) is 35.4 Å². The fourth-order valence-corrected chi connectivity index (χ4v) is 1.36. The molecule has 0 heterocycles. The maximum absolute atomic E-state index is 11.4. The first-order chi connectivity index (χ1) is 7.72. The predicted molar refractivity (Wildman–Crippen MR) is 64.1 cm³/mol. The number of allylic oxidation sites excluding steroid dienone is 1. The topological polar surface area (TPSA) is 35.5 Å². The van der Waals surface area contributed by atoms with Gasteiger partial charge in [0.1, 0.15) is 11.3 Å². The molecule has 1 aromatic rings. The molecule has 0 radical (unpaired) electrons. The number of carbonyl (C=O) groups is 1. The van der Waals surface area contributed by atoms with Gasteiger partial charge in [-0.1, -0.05) is 18.2 Å². The van der Waals surface area contributed by atoms with Crippen LogP contribution in [0.25, 0.3) is 6.08 Å². The van der Waals surface area contributed by atoms with Crippen molar-refractivity contribution >= 4 is 23.6 Å². The van der Waals surface area contributed by atoms with E-state index in [1.807, 2.05) is 12.2 Å². The van der Waals surface area contributed by atoms with Gasteiger partial charge in [0.15, 0.2) is 0 Å². The number of methoxy groups -OCH3 is 2. The molecule has 1 rings (SSSR count). The van der Waals surface area contributed by atoms with E-state index in [-0.39, 0.29) is 0 Å². The van der Waals surface area contributed by atoms with Gasteiger partial charge in [-0.3, -0.25) is 0 Å². The molecule has 0 aliphatic rings. The molecule has 4 heteroatoms. The Balaban J connectivity index is 3.06. The largest absolute Gasteiger partial charge is 0.496 e. The van der Waals surface area contributed by atoms with E-state index in [9.17, 15) is 4.79 Å². The van der Waals surface area contributed by atoms with E-state index < -0.39 is 5.97 Å². The Morgan fingerprint density at radius 3 is 2.75 bits per heavy atom. The summed E-state index contributed by atoms with van der Waals surface area (Å²) in [6.07, 6.45) is 3.67. The molecule has 0 aliphatic carbocycles. The van der Waals surface area contributed by atoms with Gasteiger partial charge in [0.25, 0.3) is 0 Å². The van der Waals surface area contributed by atoms with Gasteiger partial charge in [0.05, 0.1) is 14.2 Å². The Kier molecular flexibility index (Phi) is 4.86. The lowest BCUT2D eigenvalue weighted by Crippen LogP contribution is -2.03. The van der Waals surface area contributed by atoms with Gasteiger partial charge < -0.3 is 9.47 Å². The molecule has 0 saturated heterocycles. The first kappa shape index (κ1) is 12.6. The number of carbonyl (C=O) groups excluding carboxylic acids is 1. The summed E-state index contributed by atoms with van der Waals surface area (Å²) in [6, 6.07) is 5.23. The number of esters is 1. The van der Waals surface area contributed by atoms with Crippen LogP contribution in [0, 0.1) is 0 Å². The van der Waals surface area contributed by atoms with E-state index >= 15 is 0 Å². The molecule has 0 bridgehead atoms. The first-order valence-corrected chi connectivity index (χ1v) is 5.25. The Morgan fingerprint density at radius 1 is 1.44 bits per heavy atom. The van der Waals surface area contributed by atoms with Gasteiger partial charge in [-0.15, -0.1) is 11.6 Å². The standard InChI is InChI=1S/C12H13ClO3/c1-15-11-8-9(4-3-7-13)5-6-10(11)12(14)16-2/h3-6,8H,7H2,1-2H3. The summed E-state index contributed by atoms with van der Waals surface area (Å²) in [5.74, 6) is 0.523. The van der Waals surface area contributed by atoms with E-state index in [1.54, 1.807) is 18.2 Å². The molecular weight excluding hydrogens is 228 g/mol. The highest BCUT2D eigenvalue weighted by molar-refractivity contribution is 6.19. The summed E-state index contributed by atoms with van der Waals surface area (Å²) in [4.78, 5) is 11.4. The predicted octanol–water partition coefficient (Wildman–Crippen LogP) is 2.73. The molecule has 0 unspecified atom stereocenters. The average molecular weight is 241 g/mol. The van der Waals surface area contributed by atoms with Crippen LogP contribution in [0.15, 0.2) is 24.3 Å². The molecule has 1 aromatic carbocycles. The Morgan fingerprint density at radius 2 is 2.19 bits per heavy atom. The monoisotopic (exact) mass is 240 g/mol. The summed E-state index contributed by atoms with van der Waals surface area (Å²) in [5, 5.41) is 0. The van der Waals surface area contributed by atoms with Crippen LogP contribution >= 0.6 is 11.6 Å². The Bertz CT molecular complexity index is 399. The van der Waals surface area contributed by atoms with Gasteiger partial charge in [-0.2, -0.15) is 0 Å². The summed E-state index contributed by atoms with van der Waals surface area (Å²) in [7, 11) is 2.85.